The van der Waals surface area contributed by atoms with Gasteiger partial charge in [-0.2, -0.15) is 0 Å². The molecule has 0 N–H and O–H groups in total. The highest BCUT2D eigenvalue weighted by Crippen LogP contribution is 2.31. The quantitative estimate of drug-likeness (QED) is 0.361. The average molecular weight is 449 g/mol. The van der Waals surface area contributed by atoms with Crippen molar-refractivity contribution in [2.24, 2.45) is 0 Å². The average Bonchev–Trinajstić information content (AvgIpc) is 2.85. The molecule has 0 radical (unpaired) electrons. The van der Waals surface area contributed by atoms with E-state index >= 15 is 0 Å². The van der Waals surface area contributed by atoms with E-state index in [0.29, 0.717) is 36.0 Å². The Morgan fingerprint density at radius 1 is 0.788 bits per heavy atom. The minimum absolute atomic E-state index is 0.231. The van der Waals surface area contributed by atoms with Gasteiger partial charge in [0.05, 0.1) is 6.10 Å². The van der Waals surface area contributed by atoms with E-state index in [0.717, 1.165) is 23.1 Å². The van der Waals surface area contributed by atoms with Gasteiger partial charge in [-0.1, -0.05) is 73.7 Å². The predicted molar refractivity (Wildman–Crippen MR) is 128 cm³/mol. The fraction of sp³-hybridized carbons (Fsp3) is 0.241. The van der Waals surface area contributed by atoms with Crippen molar-refractivity contribution >= 4 is 5.57 Å². The summed E-state index contributed by atoms with van der Waals surface area (Å²) in [7, 11) is 1.56. The second kappa shape index (κ2) is 10.2. The number of rotatable bonds is 7. The zero-order valence-corrected chi connectivity index (χ0v) is 18.9. The molecular weight excluding hydrogens is 421 g/mol. The number of allylic oxidation sites excluding steroid dienone is 2. The Labute approximate surface area is 193 Å². The largest absolute Gasteiger partial charge is 0.377 e. The maximum Gasteiger partial charge on any atom is 0.166 e. The summed E-state index contributed by atoms with van der Waals surface area (Å²) in [6.45, 7) is 2.05. The van der Waals surface area contributed by atoms with E-state index < -0.39 is 11.6 Å². The SMILES string of the molecule is CCc1ccc(-c2ccc(CCc3ccc(C4=CCC(OC)C=C4F)cc3)c(F)c2F)cc1. The van der Waals surface area contributed by atoms with E-state index in [1.807, 2.05) is 54.6 Å². The zero-order chi connectivity index (χ0) is 23.4. The highest BCUT2D eigenvalue weighted by atomic mass is 19.2. The molecule has 4 heteroatoms. The molecule has 0 saturated carbocycles. The van der Waals surface area contributed by atoms with Crippen LogP contribution in [0.5, 0.6) is 0 Å². The summed E-state index contributed by atoms with van der Waals surface area (Å²) in [6.07, 6.45) is 5.56. The number of halogens is 3. The molecule has 1 aliphatic rings. The van der Waals surface area contributed by atoms with Gasteiger partial charge in [0, 0.05) is 18.2 Å². The summed E-state index contributed by atoms with van der Waals surface area (Å²) in [5.74, 6) is -1.90. The zero-order valence-electron chi connectivity index (χ0n) is 18.9. The van der Waals surface area contributed by atoms with Crippen LogP contribution in [-0.2, 0) is 24.0 Å². The molecule has 0 spiro atoms. The lowest BCUT2D eigenvalue weighted by Gasteiger charge is -2.17. The molecule has 170 valence electrons. The van der Waals surface area contributed by atoms with Crippen LogP contribution in [0.25, 0.3) is 16.7 Å². The standard InChI is InChI=1S/C29H27F3O/c1-3-19-4-9-22(10-5-19)26-16-14-23(28(31)29(26)32)13-8-20-6-11-21(12-7-20)25-17-15-24(33-2)18-27(25)30/h4-7,9-12,14,16-18,24H,3,8,13,15H2,1-2H3. The van der Waals surface area contributed by atoms with Crippen LogP contribution in [0.3, 0.4) is 0 Å². The first-order valence-corrected chi connectivity index (χ1v) is 11.3. The second-order valence-electron chi connectivity index (χ2n) is 8.29. The first-order chi connectivity index (χ1) is 16.0. The van der Waals surface area contributed by atoms with E-state index in [1.54, 1.807) is 19.2 Å². The number of hydrogen-bond acceptors (Lipinski definition) is 1. The lowest BCUT2D eigenvalue weighted by molar-refractivity contribution is 0.141. The van der Waals surface area contributed by atoms with Crippen molar-refractivity contribution in [3.63, 3.8) is 0 Å². The highest BCUT2D eigenvalue weighted by molar-refractivity contribution is 5.78. The van der Waals surface area contributed by atoms with E-state index in [4.69, 9.17) is 4.74 Å². The molecular formula is C29H27F3O. The highest BCUT2D eigenvalue weighted by Gasteiger charge is 2.17. The van der Waals surface area contributed by atoms with Gasteiger partial charge in [-0.25, -0.2) is 13.2 Å². The first kappa shape index (κ1) is 23.1. The summed E-state index contributed by atoms with van der Waals surface area (Å²) < 4.78 is 49.1. The van der Waals surface area contributed by atoms with Crippen molar-refractivity contribution in [1.29, 1.82) is 0 Å². The third kappa shape index (κ3) is 5.12. The van der Waals surface area contributed by atoms with E-state index in [9.17, 15) is 13.2 Å². The summed E-state index contributed by atoms with van der Waals surface area (Å²) in [4.78, 5) is 0. The molecule has 3 aromatic rings. The Bertz CT molecular complexity index is 1170. The smallest absolute Gasteiger partial charge is 0.166 e. The Morgan fingerprint density at radius 3 is 2.09 bits per heavy atom. The van der Waals surface area contributed by atoms with Gasteiger partial charge in [-0.05, 0) is 59.6 Å². The minimum atomic E-state index is -0.812. The number of methoxy groups -OCH3 is 1. The van der Waals surface area contributed by atoms with Crippen LogP contribution in [-0.4, -0.2) is 13.2 Å². The van der Waals surface area contributed by atoms with E-state index in [2.05, 4.69) is 6.92 Å². The lowest BCUT2D eigenvalue weighted by atomic mass is 9.95. The van der Waals surface area contributed by atoms with Crippen LogP contribution in [0.4, 0.5) is 13.2 Å². The Hall–Kier alpha value is -3.11. The van der Waals surface area contributed by atoms with Gasteiger partial charge >= 0.3 is 0 Å². The van der Waals surface area contributed by atoms with Crippen LogP contribution in [0.15, 0.2) is 78.6 Å². The van der Waals surface area contributed by atoms with Gasteiger partial charge in [-0.15, -0.1) is 0 Å². The minimum Gasteiger partial charge on any atom is -0.377 e. The maximum absolute atomic E-state index is 14.8. The molecule has 0 bridgehead atoms. The summed E-state index contributed by atoms with van der Waals surface area (Å²) in [6, 6.07) is 18.4. The van der Waals surface area contributed by atoms with Gasteiger partial charge in [0.25, 0.3) is 0 Å². The molecule has 0 aliphatic heterocycles. The molecule has 1 aliphatic carbocycles. The molecule has 0 saturated heterocycles. The number of hydrogen-bond donors (Lipinski definition) is 0. The van der Waals surface area contributed by atoms with Crippen LogP contribution in [0.1, 0.15) is 35.6 Å². The van der Waals surface area contributed by atoms with E-state index in [-0.39, 0.29) is 17.5 Å². The fourth-order valence-electron chi connectivity index (χ4n) is 4.13. The van der Waals surface area contributed by atoms with Crippen molar-refractivity contribution in [2.45, 2.75) is 38.7 Å². The molecule has 4 rings (SSSR count). The van der Waals surface area contributed by atoms with Crippen LogP contribution < -0.4 is 0 Å². The summed E-state index contributed by atoms with van der Waals surface area (Å²) >= 11 is 0. The summed E-state index contributed by atoms with van der Waals surface area (Å²) in [5.41, 5.74) is 4.77. The lowest BCUT2D eigenvalue weighted by Crippen LogP contribution is -2.10. The third-order valence-corrected chi connectivity index (χ3v) is 6.23. The van der Waals surface area contributed by atoms with Gasteiger partial charge < -0.3 is 4.74 Å². The van der Waals surface area contributed by atoms with Crippen molar-refractivity contribution in [1.82, 2.24) is 0 Å². The van der Waals surface area contributed by atoms with Gasteiger partial charge in [0.2, 0.25) is 0 Å². The van der Waals surface area contributed by atoms with Gasteiger partial charge in [0.1, 0.15) is 5.83 Å². The fourth-order valence-corrected chi connectivity index (χ4v) is 4.13. The number of aryl methyl sites for hydroxylation is 3. The molecule has 0 amide bonds. The monoisotopic (exact) mass is 448 g/mol. The first-order valence-electron chi connectivity index (χ1n) is 11.3. The molecule has 1 unspecified atom stereocenters. The molecule has 33 heavy (non-hydrogen) atoms. The normalized spacial score (nSPS) is 15.8. The van der Waals surface area contributed by atoms with Gasteiger partial charge in [0.15, 0.2) is 11.6 Å². The van der Waals surface area contributed by atoms with Crippen LogP contribution in [0, 0.1) is 11.6 Å². The van der Waals surface area contributed by atoms with Crippen LogP contribution in [0.2, 0.25) is 0 Å². The van der Waals surface area contributed by atoms with Crippen molar-refractivity contribution < 1.29 is 17.9 Å². The Kier molecular flexibility index (Phi) is 7.14. The molecule has 0 heterocycles. The molecule has 3 aromatic carbocycles. The number of ether oxygens (including phenoxy) is 1. The Morgan fingerprint density at radius 2 is 1.45 bits per heavy atom. The third-order valence-electron chi connectivity index (χ3n) is 6.23. The topological polar surface area (TPSA) is 9.23 Å². The second-order valence-corrected chi connectivity index (χ2v) is 8.29. The molecule has 1 atom stereocenters. The summed E-state index contributed by atoms with van der Waals surface area (Å²) in [5, 5.41) is 0. The number of benzene rings is 3. The van der Waals surface area contributed by atoms with Gasteiger partial charge in [-0.3, -0.25) is 0 Å². The maximum atomic E-state index is 14.8. The van der Waals surface area contributed by atoms with E-state index in [1.165, 1.54) is 6.08 Å². The molecule has 1 nitrogen and oxygen atoms in total. The molecule has 0 fully saturated rings. The van der Waals surface area contributed by atoms with Crippen molar-refractivity contribution in [3.05, 3.63) is 113 Å². The van der Waals surface area contributed by atoms with Crippen molar-refractivity contribution in [3.8, 4) is 11.1 Å². The van der Waals surface area contributed by atoms with Crippen LogP contribution >= 0.6 is 0 Å². The van der Waals surface area contributed by atoms with Crippen molar-refractivity contribution in [2.75, 3.05) is 7.11 Å². The predicted octanol–water partition coefficient (Wildman–Crippen LogP) is 7.63. The Balaban J connectivity index is 1.44. The molecule has 0 aromatic heterocycles.